The minimum absolute atomic E-state index is 0.00573. The second-order valence-corrected chi connectivity index (χ2v) is 11.1. The third-order valence-corrected chi connectivity index (χ3v) is 7.81. The highest BCUT2D eigenvalue weighted by atomic mass is 32.1. The molecule has 1 amide bonds. The molecule has 3 heterocycles. The number of hydrogen-bond acceptors (Lipinski definition) is 5. The molecule has 170 valence electrons. The van der Waals surface area contributed by atoms with Gasteiger partial charge in [0.15, 0.2) is 11.4 Å². The minimum Gasteiger partial charge on any atom is -0.349 e. The van der Waals surface area contributed by atoms with E-state index in [-0.39, 0.29) is 23.1 Å². The van der Waals surface area contributed by atoms with Gasteiger partial charge in [-0.15, -0.1) is 11.3 Å². The van der Waals surface area contributed by atoms with Gasteiger partial charge in [0.25, 0.3) is 5.91 Å². The molecule has 1 aliphatic rings. The molecule has 3 aromatic rings. The summed E-state index contributed by atoms with van der Waals surface area (Å²) in [5.41, 5.74) is 2.23. The molecular weight excluding hydrogens is 420 g/mol. The Morgan fingerprint density at radius 1 is 1.25 bits per heavy atom. The fourth-order valence-corrected chi connectivity index (χ4v) is 4.98. The Bertz CT molecular complexity index is 1120. The number of hydrogen-bond donors (Lipinski definition) is 2. The summed E-state index contributed by atoms with van der Waals surface area (Å²) in [6.45, 7) is 8.28. The Hall–Kier alpha value is -2.54. The van der Waals surface area contributed by atoms with Crippen molar-refractivity contribution in [2.75, 3.05) is 0 Å². The molecule has 32 heavy (non-hydrogen) atoms. The number of amides is 1. The normalized spacial score (nSPS) is 15.9. The van der Waals surface area contributed by atoms with Gasteiger partial charge in [-0.3, -0.25) is 9.59 Å². The highest BCUT2D eigenvalue weighted by molar-refractivity contribution is 7.17. The van der Waals surface area contributed by atoms with Gasteiger partial charge in [-0.1, -0.05) is 46.5 Å². The molecule has 7 heteroatoms. The zero-order chi connectivity index (χ0) is 22.9. The van der Waals surface area contributed by atoms with Gasteiger partial charge in [0.05, 0.1) is 27.2 Å². The van der Waals surface area contributed by atoms with Crippen molar-refractivity contribution in [3.8, 4) is 10.6 Å². The summed E-state index contributed by atoms with van der Waals surface area (Å²) in [6.07, 6.45) is 10.1. The third kappa shape index (κ3) is 4.93. The Morgan fingerprint density at radius 3 is 2.72 bits per heavy atom. The fraction of sp³-hybridized carbons (Fsp3) is 0.520. The third-order valence-electron chi connectivity index (χ3n) is 6.66. The van der Waals surface area contributed by atoms with Crippen molar-refractivity contribution < 1.29 is 9.59 Å². The molecule has 0 bridgehead atoms. The Balaban J connectivity index is 1.51. The molecular formula is C25H32N4O2S. The average molecular weight is 453 g/mol. The first-order chi connectivity index (χ1) is 15.2. The Kier molecular flexibility index (Phi) is 6.47. The largest absolute Gasteiger partial charge is 0.349 e. The maximum absolute atomic E-state index is 12.9. The highest BCUT2D eigenvalue weighted by Gasteiger charge is 2.24. The fourth-order valence-electron chi connectivity index (χ4n) is 4.06. The van der Waals surface area contributed by atoms with E-state index in [4.69, 9.17) is 4.98 Å². The predicted molar refractivity (Wildman–Crippen MR) is 129 cm³/mol. The van der Waals surface area contributed by atoms with Crippen LogP contribution in [0, 0.1) is 11.3 Å². The lowest BCUT2D eigenvalue weighted by atomic mass is 9.88. The van der Waals surface area contributed by atoms with E-state index in [0.717, 1.165) is 16.2 Å². The summed E-state index contributed by atoms with van der Waals surface area (Å²) in [7, 11) is 0. The molecule has 3 aromatic heterocycles. The van der Waals surface area contributed by atoms with Crippen LogP contribution in [0.3, 0.4) is 0 Å². The number of carbonyl (C=O) groups is 2. The van der Waals surface area contributed by atoms with Gasteiger partial charge in [0.1, 0.15) is 5.52 Å². The topological polar surface area (TPSA) is 87.7 Å². The molecule has 1 aliphatic carbocycles. The number of aromatic nitrogens is 3. The molecule has 1 saturated carbocycles. The first-order valence-electron chi connectivity index (χ1n) is 11.5. The van der Waals surface area contributed by atoms with Crippen molar-refractivity contribution in [1.29, 1.82) is 0 Å². The van der Waals surface area contributed by atoms with Gasteiger partial charge in [-0.2, -0.15) is 0 Å². The van der Waals surface area contributed by atoms with Crippen molar-refractivity contribution in [1.82, 2.24) is 20.3 Å². The lowest BCUT2D eigenvalue weighted by Crippen LogP contribution is -2.41. The molecule has 0 radical (unpaired) electrons. The quantitative estimate of drug-likeness (QED) is 0.430. The second kappa shape index (κ2) is 9.14. The lowest BCUT2D eigenvalue weighted by molar-refractivity contribution is 0.0911. The van der Waals surface area contributed by atoms with Gasteiger partial charge in [-0.25, -0.2) is 9.97 Å². The summed E-state index contributed by atoms with van der Waals surface area (Å²) in [5, 5.41) is 3.06. The van der Waals surface area contributed by atoms with Crippen LogP contribution in [0.2, 0.25) is 0 Å². The number of nitrogens with zero attached hydrogens (tertiary/aromatic N) is 2. The summed E-state index contributed by atoms with van der Waals surface area (Å²) in [5.74, 6) is 0.755. The van der Waals surface area contributed by atoms with Gasteiger partial charge < -0.3 is 10.3 Å². The van der Waals surface area contributed by atoms with E-state index in [9.17, 15) is 9.59 Å². The van der Waals surface area contributed by atoms with Gasteiger partial charge in [-0.05, 0) is 36.8 Å². The number of rotatable bonds is 7. The van der Waals surface area contributed by atoms with Crippen LogP contribution in [0.4, 0.5) is 0 Å². The van der Waals surface area contributed by atoms with E-state index < -0.39 is 0 Å². The van der Waals surface area contributed by atoms with E-state index in [0.29, 0.717) is 34.8 Å². The summed E-state index contributed by atoms with van der Waals surface area (Å²) < 4.78 is 0. The van der Waals surface area contributed by atoms with Crippen molar-refractivity contribution in [2.24, 2.45) is 11.3 Å². The molecule has 0 spiro atoms. The minimum atomic E-state index is -0.168. The van der Waals surface area contributed by atoms with Crippen molar-refractivity contribution >= 4 is 34.2 Å². The highest BCUT2D eigenvalue weighted by Crippen LogP contribution is 2.32. The summed E-state index contributed by atoms with van der Waals surface area (Å²) >= 11 is 1.45. The molecule has 0 aromatic carbocycles. The van der Waals surface area contributed by atoms with Crippen LogP contribution >= 0.6 is 11.3 Å². The van der Waals surface area contributed by atoms with Crippen molar-refractivity contribution in [2.45, 2.75) is 72.3 Å². The van der Waals surface area contributed by atoms with Crippen LogP contribution in [0.1, 0.15) is 86.2 Å². The van der Waals surface area contributed by atoms with E-state index in [1.807, 2.05) is 19.1 Å². The number of Topliss-reactive ketones (excluding diaryl/α,β-unsaturated/α-hetero) is 1. The summed E-state index contributed by atoms with van der Waals surface area (Å²) in [6, 6.07) is 3.82. The van der Waals surface area contributed by atoms with Crippen LogP contribution in [0.5, 0.6) is 0 Å². The maximum atomic E-state index is 12.9. The molecule has 4 rings (SSSR count). The van der Waals surface area contributed by atoms with Gasteiger partial charge in [0, 0.05) is 18.7 Å². The number of ketones is 1. The number of aromatic amines is 1. The van der Waals surface area contributed by atoms with Crippen LogP contribution in [-0.4, -0.2) is 32.7 Å². The zero-order valence-electron chi connectivity index (χ0n) is 19.3. The number of carbonyl (C=O) groups excluding carboxylic acids is 2. The maximum Gasteiger partial charge on any atom is 0.255 e. The Labute approximate surface area is 193 Å². The van der Waals surface area contributed by atoms with E-state index in [2.05, 4.69) is 36.1 Å². The average Bonchev–Trinajstić information content (AvgIpc) is 3.51. The first kappa shape index (κ1) is 22.6. The SMILES string of the molecule is C[C@H](NC(=O)c1c[nH]c2ncc(-c3ccc(C(=O)CCC4CCCC4)s3)nc12)C(C)(C)C. The molecule has 0 saturated heterocycles. The van der Waals surface area contributed by atoms with E-state index in [1.54, 1.807) is 12.4 Å². The smallest absolute Gasteiger partial charge is 0.255 e. The van der Waals surface area contributed by atoms with Crippen LogP contribution in [-0.2, 0) is 0 Å². The lowest BCUT2D eigenvalue weighted by Gasteiger charge is -2.27. The number of thiophene rings is 1. The summed E-state index contributed by atoms with van der Waals surface area (Å²) in [4.78, 5) is 39.4. The molecule has 0 unspecified atom stereocenters. The molecule has 1 atom stereocenters. The van der Waals surface area contributed by atoms with Crippen LogP contribution < -0.4 is 5.32 Å². The van der Waals surface area contributed by atoms with E-state index >= 15 is 0 Å². The zero-order valence-corrected chi connectivity index (χ0v) is 20.1. The first-order valence-corrected chi connectivity index (χ1v) is 12.3. The number of fused-ring (bicyclic) bond motifs is 1. The van der Waals surface area contributed by atoms with Crippen molar-refractivity contribution in [3.05, 3.63) is 35.0 Å². The molecule has 2 N–H and O–H groups in total. The number of nitrogens with one attached hydrogen (secondary N) is 2. The Morgan fingerprint density at radius 2 is 2.00 bits per heavy atom. The predicted octanol–water partition coefficient (Wildman–Crippen LogP) is 6.00. The van der Waals surface area contributed by atoms with Gasteiger partial charge >= 0.3 is 0 Å². The molecule has 6 nitrogen and oxygen atoms in total. The van der Waals surface area contributed by atoms with Crippen molar-refractivity contribution in [3.63, 3.8) is 0 Å². The molecule has 0 aliphatic heterocycles. The molecule has 1 fully saturated rings. The monoisotopic (exact) mass is 452 g/mol. The second-order valence-electron chi connectivity index (χ2n) is 9.99. The van der Waals surface area contributed by atoms with E-state index in [1.165, 1.54) is 37.0 Å². The standard InChI is InChI=1S/C25H32N4O2S/c1-15(25(2,3)4)28-24(31)17-13-26-23-22(17)29-18(14-27-23)20-11-12-21(32-20)19(30)10-9-16-7-5-6-8-16/h11-16H,5-10H2,1-4H3,(H,26,27)(H,28,31)/t15-/m0/s1. The van der Waals surface area contributed by atoms with Crippen LogP contribution in [0.15, 0.2) is 24.5 Å². The van der Waals surface area contributed by atoms with Crippen LogP contribution in [0.25, 0.3) is 21.7 Å². The van der Waals surface area contributed by atoms with Gasteiger partial charge in [0.2, 0.25) is 0 Å². The number of H-pyrrole nitrogens is 1.